The highest BCUT2D eigenvalue weighted by atomic mass is 16.5. The van der Waals surface area contributed by atoms with Crippen molar-refractivity contribution in [3.63, 3.8) is 0 Å². The highest BCUT2D eigenvalue weighted by Gasteiger charge is 2.20. The monoisotopic (exact) mass is 396 g/mol. The van der Waals surface area contributed by atoms with Gasteiger partial charge in [-0.1, -0.05) is 51.2 Å². The molecule has 1 saturated carbocycles. The molecule has 1 aromatic carbocycles. The average Bonchev–Trinajstić information content (AvgIpc) is 3.41. The van der Waals surface area contributed by atoms with E-state index < -0.39 is 0 Å². The van der Waals surface area contributed by atoms with Gasteiger partial charge in [0, 0.05) is 31.4 Å². The third-order valence-corrected chi connectivity index (χ3v) is 6.14. The molecule has 0 N–H and O–H groups in total. The van der Waals surface area contributed by atoms with Gasteiger partial charge >= 0.3 is 0 Å². The van der Waals surface area contributed by atoms with Crippen LogP contribution in [0.3, 0.4) is 0 Å². The van der Waals surface area contributed by atoms with Crippen molar-refractivity contribution in [2.24, 2.45) is 5.92 Å². The minimum absolute atomic E-state index is 0.319. The normalized spacial score (nSPS) is 14.3. The number of benzene rings is 1. The van der Waals surface area contributed by atoms with Gasteiger partial charge in [0.05, 0.1) is 13.7 Å². The number of unbranched alkanes of at least 4 members (excludes halogenated alkanes) is 1. The Morgan fingerprint density at radius 3 is 2.79 bits per heavy atom. The molecule has 0 unspecified atom stereocenters. The lowest BCUT2D eigenvalue weighted by atomic mass is 10.0. The Morgan fingerprint density at radius 2 is 2.03 bits per heavy atom. The molecule has 0 radical (unpaired) electrons. The first-order chi connectivity index (χ1) is 14.2. The second-order valence-electron chi connectivity index (χ2n) is 8.34. The molecule has 1 aliphatic rings. The summed E-state index contributed by atoms with van der Waals surface area (Å²) in [5.74, 6) is 1.96. The van der Waals surface area contributed by atoms with Crippen LogP contribution in [-0.4, -0.2) is 29.0 Å². The molecule has 4 nitrogen and oxygen atoms in total. The number of methoxy groups -OCH3 is 1. The molecule has 2 aromatic rings. The maximum Gasteiger partial charge on any atom is 0.222 e. The molecule has 1 aromatic heterocycles. The Morgan fingerprint density at radius 1 is 1.21 bits per heavy atom. The van der Waals surface area contributed by atoms with Gasteiger partial charge in [0.25, 0.3) is 0 Å². The van der Waals surface area contributed by atoms with E-state index >= 15 is 0 Å². The molecule has 1 amide bonds. The average molecular weight is 397 g/mol. The van der Waals surface area contributed by atoms with Crippen molar-refractivity contribution < 1.29 is 9.53 Å². The summed E-state index contributed by atoms with van der Waals surface area (Å²) in [5.41, 5.74) is 2.40. The zero-order valence-corrected chi connectivity index (χ0v) is 18.1. The first-order valence-corrected chi connectivity index (χ1v) is 11.2. The molecule has 0 spiro atoms. The number of hydrogen-bond donors (Lipinski definition) is 0. The van der Waals surface area contributed by atoms with E-state index in [1.165, 1.54) is 36.9 Å². The van der Waals surface area contributed by atoms with Crippen LogP contribution in [0.25, 0.3) is 0 Å². The predicted molar refractivity (Wildman–Crippen MR) is 118 cm³/mol. The first kappa shape index (κ1) is 21.5. The van der Waals surface area contributed by atoms with Gasteiger partial charge in [-0.15, -0.1) is 0 Å². The van der Waals surface area contributed by atoms with Gasteiger partial charge in [0.15, 0.2) is 0 Å². The van der Waals surface area contributed by atoms with Crippen molar-refractivity contribution in [1.29, 1.82) is 0 Å². The van der Waals surface area contributed by atoms with Crippen molar-refractivity contribution in [1.82, 2.24) is 9.47 Å². The van der Waals surface area contributed by atoms with E-state index in [0.29, 0.717) is 18.9 Å². The van der Waals surface area contributed by atoms with E-state index in [1.54, 1.807) is 7.11 Å². The van der Waals surface area contributed by atoms with Crippen LogP contribution in [-0.2, 0) is 17.9 Å². The van der Waals surface area contributed by atoms with E-state index in [9.17, 15) is 4.79 Å². The van der Waals surface area contributed by atoms with Gasteiger partial charge in [-0.25, -0.2) is 0 Å². The summed E-state index contributed by atoms with van der Waals surface area (Å²) in [6.07, 6.45) is 11.3. The fourth-order valence-corrected chi connectivity index (χ4v) is 4.34. The smallest absolute Gasteiger partial charge is 0.222 e. The molecular formula is C25H36N2O2. The molecular weight excluding hydrogens is 360 g/mol. The SMILES string of the molecule is CCCCN(Cc1cccn1Cc1cccc(OC)c1)C(=O)CCC1CCCC1. The predicted octanol–water partition coefficient (Wildman–Crippen LogP) is 5.64. The zero-order valence-electron chi connectivity index (χ0n) is 18.1. The number of nitrogens with zero attached hydrogens (tertiary/aromatic N) is 2. The largest absolute Gasteiger partial charge is 0.497 e. The van der Waals surface area contributed by atoms with Crippen LogP contribution < -0.4 is 4.74 Å². The third kappa shape index (κ3) is 6.38. The molecule has 3 rings (SSSR count). The Hall–Kier alpha value is -2.23. The lowest BCUT2D eigenvalue weighted by molar-refractivity contribution is -0.132. The topological polar surface area (TPSA) is 34.5 Å². The first-order valence-electron chi connectivity index (χ1n) is 11.2. The van der Waals surface area contributed by atoms with Crippen LogP contribution in [0.5, 0.6) is 5.75 Å². The Kier molecular flexibility index (Phi) is 8.21. The van der Waals surface area contributed by atoms with Crippen molar-refractivity contribution in [3.05, 3.63) is 53.9 Å². The molecule has 0 bridgehead atoms. The van der Waals surface area contributed by atoms with E-state index in [0.717, 1.165) is 44.0 Å². The molecule has 0 saturated heterocycles. The van der Waals surface area contributed by atoms with Crippen LogP contribution in [0.15, 0.2) is 42.6 Å². The van der Waals surface area contributed by atoms with Crippen LogP contribution >= 0.6 is 0 Å². The number of amides is 1. The van der Waals surface area contributed by atoms with Crippen molar-refractivity contribution in [2.75, 3.05) is 13.7 Å². The number of carbonyl (C=O) groups excluding carboxylic acids is 1. The van der Waals surface area contributed by atoms with Crippen LogP contribution in [0, 0.1) is 5.92 Å². The van der Waals surface area contributed by atoms with Gasteiger partial charge in [0.2, 0.25) is 5.91 Å². The van der Waals surface area contributed by atoms with Gasteiger partial charge in [-0.05, 0) is 48.6 Å². The van der Waals surface area contributed by atoms with Crippen molar-refractivity contribution in [3.8, 4) is 5.75 Å². The molecule has 1 aliphatic carbocycles. The maximum absolute atomic E-state index is 13.0. The van der Waals surface area contributed by atoms with Gasteiger partial charge < -0.3 is 14.2 Å². The summed E-state index contributed by atoms with van der Waals surface area (Å²) in [4.78, 5) is 15.1. The fourth-order valence-electron chi connectivity index (χ4n) is 4.34. The third-order valence-electron chi connectivity index (χ3n) is 6.14. The lowest BCUT2D eigenvalue weighted by Crippen LogP contribution is -2.32. The quantitative estimate of drug-likeness (QED) is 0.492. The van der Waals surface area contributed by atoms with E-state index in [-0.39, 0.29) is 0 Å². The number of hydrogen-bond acceptors (Lipinski definition) is 2. The Balaban J connectivity index is 1.64. The lowest BCUT2D eigenvalue weighted by Gasteiger charge is -2.24. The second-order valence-corrected chi connectivity index (χ2v) is 8.34. The summed E-state index contributed by atoms with van der Waals surface area (Å²) < 4.78 is 7.60. The van der Waals surface area contributed by atoms with Crippen LogP contribution in [0.1, 0.15) is 69.5 Å². The molecule has 4 heteroatoms. The highest BCUT2D eigenvalue weighted by Crippen LogP contribution is 2.29. The van der Waals surface area contributed by atoms with E-state index in [4.69, 9.17) is 4.74 Å². The summed E-state index contributed by atoms with van der Waals surface area (Å²) >= 11 is 0. The van der Waals surface area contributed by atoms with Crippen LogP contribution in [0.4, 0.5) is 0 Å². The molecule has 0 atom stereocenters. The fraction of sp³-hybridized carbons (Fsp3) is 0.560. The van der Waals surface area contributed by atoms with Gasteiger partial charge in [0.1, 0.15) is 5.75 Å². The number of carbonyl (C=O) groups is 1. The zero-order chi connectivity index (χ0) is 20.5. The van der Waals surface area contributed by atoms with E-state index in [1.807, 2.05) is 12.1 Å². The van der Waals surface area contributed by atoms with Crippen molar-refractivity contribution in [2.45, 2.75) is 71.4 Å². The minimum Gasteiger partial charge on any atom is -0.497 e. The molecule has 1 heterocycles. The molecule has 158 valence electrons. The standard InChI is InChI=1S/C25H36N2O2/c1-3-4-16-27(25(28)15-14-21-9-5-6-10-21)20-23-12-8-17-26(23)19-22-11-7-13-24(18-22)29-2/h7-8,11-13,17-18,21H,3-6,9-10,14-16,19-20H2,1-2H3. The number of aromatic nitrogens is 1. The Bertz CT molecular complexity index is 762. The molecule has 1 fully saturated rings. The summed E-state index contributed by atoms with van der Waals surface area (Å²) in [6.45, 7) is 4.52. The van der Waals surface area contributed by atoms with E-state index in [2.05, 4.69) is 46.9 Å². The second kappa shape index (κ2) is 11.1. The molecule has 29 heavy (non-hydrogen) atoms. The van der Waals surface area contributed by atoms with Gasteiger partial charge in [-0.3, -0.25) is 4.79 Å². The van der Waals surface area contributed by atoms with Crippen LogP contribution in [0.2, 0.25) is 0 Å². The summed E-state index contributed by atoms with van der Waals surface area (Å²) in [5, 5.41) is 0. The van der Waals surface area contributed by atoms with Gasteiger partial charge in [-0.2, -0.15) is 0 Å². The number of rotatable bonds is 11. The Labute approximate surface area is 175 Å². The number of ether oxygens (including phenoxy) is 1. The highest BCUT2D eigenvalue weighted by molar-refractivity contribution is 5.76. The summed E-state index contributed by atoms with van der Waals surface area (Å²) in [7, 11) is 1.70. The van der Waals surface area contributed by atoms with Crippen molar-refractivity contribution >= 4 is 5.91 Å². The minimum atomic E-state index is 0.319. The molecule has 0 aliphatic heterocycles. The maximum atomic E-state index is 13.0. The summed E-state index contributed by atoms with van der Waals surface area (Å²) in [6, 6.07) is 12.4.